The van der Waals surface area contributed by atoms with Crippen LogP contribution in [0.15, 0.2) is 48.9 Å². The van der Waals surface area contributed by atoms with E-state index < -0.39 is 24.4 Å². The third-order valence-corrected chi connectivity index (χ3v) is 5.29. The number of alkyl halides is 2. The first-order valence-electron chi connectivity index (χ1n) is 9.13. The van der Waals surface area contributed by atoms with Crippen LogP contribution in [0, 0.1) is 0 Å². The zero-order valence-corrected chi connectivity index (χ0v) is 16.9. The van der Waals surface area contributed by atoms with Crippen molar-refractivity contribution in [2.24, 2.45) is 0 Å². The van der Waals surface area contributed by atoms with Crippen LogP contribution in [0.3, 0.4) is 0 Å². The summed E-state index contributed by atoms with van der Waals surface area (Å²) in [7, 11) is 2.63. The van der Waals surface area contributed by atoms with Gasteiger partial charge < -0.3 is 15.3 Å². The summed E-state index contributed by atoms with van der Waals surface area (Å²) in [6, 6.07) is 8.77. The number of benzene rings is 1. The van der Waals surface area contributed by atoms with Gasteiger partial charge in [-0.05, 0) is 16.9 Å². The first kappa shape index (κ1) is 20.1. The van der Waals surface area contributed by atoms with Crippen molar-refractivity contribution >= 4 is 32.0 Å². The lowest BCUT2D eigenvalue weighted by molar-refractivity contribution is 0.0257. The van der Waals surface area contributed by atoms with Crippen LogP contribution >= 0.6 is 9.24 Å². The second kappa shape index (κ2) is 7.91. The van der Waals surface area contributed by atoms with Crippen LogP contribution in [0.4, 0.5) is 20.3 Å². The van der Waals surface area contributed by atoms with Gasteiger partial charge in [0.2, 0.25) is 0 Å². The Labute approximate surface area is 173 Å². The third kappa shape index (κ3) is 4.07. The normalized spacial score (nSPS) is 15.2. The summed E-state index contributed by atoms with van der Waals surface area (Å²) in [4.78, 5) is 25.8. The van der Waals surface area contributed by atoms with Crippen LogP contribution in [0.5, 0.6) is 6.01 Å². The highest BCUT2D eigenvalue weighted by atomic mass is 31.0. The van der Waals surface area contributed by atoms with Crippen LogP contribution in [-0.4, -0.2) is 45.0 Å². The molecular weight excluding hydrogens is 411 g/mol. The van der Waals surface area contributed by atoms with Gasteiger partial charge >= 0.3 is 6.01 Å². The summed E-state index contributed by atoms with van der Waals surface area (Å²) in [5, 5.41) is 12.9. The molecule has 1 amide bonds. The number of aromatic hydroxyl groups is 1. The molecule has 30 heavy (non-hydrogen) atoms. The molecule has 3 aromatic rings. The maximum atomic E-state index is 13.9. The maximum absolute atomic E-state index is 13.9. The van der Waals surface area contributed by atoms with Gasteiger partial charge in [0.05, 0.1) is 17.8 Å². The topological polar surface area (TPSA) is 91.2 Å². The Morgan fingerprint density at radius 3 is 2.53 bits per heavy atom. The van der Waals surface area contributed by atoms with E-state index >= 15 is 0 Å². The number of nitrogens with one attached hydrogen (secondary N) is 1. The molecule has 154 valence electrons. The van der Waals surface area contributed by atoms with Crippen molar-refractivity contribution in [3.8, 4) is 17.1 Å². The molecule has 7 nitrogen and oxygen atoms in total. The molecule has 1 aliphatic heterocycles. The van der Waals surface area contributed by atoms with Crippen LogP contribution < -0.4 is 15.5 Å². The first-order chi connectivity index (χ1) is 14.3. The highest BCUT2D eigenvalue weighted by molar-refractivity contribution is 7.28. The largest absolute Gasteiger partial charge is 0.479 e. The number of hydrogen-bond donors (Lipinski definition) is 2. The van der Waals surface area contributed by atoms with Crippen molar-refractivity contribution in [3.05, 3.63) is 54.5 Å². The summed E-state index contributed by atoms with van der Waals surface area (Å²) in [5.41, 5.74) is 1.89. The molecule has 3 heterocycles. The quantitative estimate of drug-likeness (QED) is 0.620. The lowest BCUT2D eigenvalue weighted by Crippen LogP contribution is -2.27. The highest BCUT2D eigenvalue weighted by Crippen LogP contribution is 2.38. The first-order valence-corrected chi connectivity index (χ1v) is 9.71. The van der Waals surface area contributed by atoms with Gasteiger partial charge in [-0.3, -0.25) is 4.79 Å². The fourth-order valence-corrected chi connectivity index (χ4v) is 3.68. The number of pyridine rings is 1. The molecule has 0 spiro atoms. The number of aromatic nitrogens is 3. The minimum absolute atomic E-state index is 0.111. The standard InChI is InChI=1S/C20H18F2N5O2P/c21-20(22)6-8-27(11-20)17-16(26-18(28)12-9-24-19(29)25-10-12)14(5-7-23-17)13-3-1-2-4-15(13)30/h1-5,7,9-10H,6,8,11,30H2,(H,26,28)(H,24,25,29). The number of carbonyl (C=O) groups excluding carboxylic acids is 1. The minimum atomic E-state index is -2.82. The van der Waals surface area contributed by atoms with Gasteiger partial charge in [0, 0.05) is 37.1 Å². The zero-order valence-electron chi connectivity index (χ0n) is 15.7. The van der Waals surface area contributed by atoms with Gasteiger partial charge in [-0.15, -0.1) is 9.24 Å². The molecule has 1 saturated heterocycles. The molecule has 2 aromatic heterocycles. The van der Waals surface area contributed by atoms with E-state index in [-0.39, 0.29) is 24.3 Å². The van der Waals surface area contributed by atoms with Crippen LogP contribution in [0.2, 0.25) is 0 Å². The Morgan fingerprint density at radius 2 is 1.87 bits per heavy atom. The number of amides is 1. The molecule has 1 fully saturated rings. The Hall–Kier alpha value is -3.19. The number of carbonyl (C=O) groups is 1. The summed E-state index contributed by atoms with van der Waals surface area (Å²) < 4.78 is 27.7. The van der Waals surface area contributed by atoms with Gasteiger partial charge in [-0.1, -0.05) is 24.3 Å². The molecular formula is C20H18F2N5O2P. The zero-order chi connectivity index (χ0) is 21.3. The van der Waals surface area contributed by atoms with E-state index in [0.717, 1.165) is 10.9 Å². The lowest BCUT2D eigenvalue weighted by Gasteiger charge is -2.23. The molecule has 1 atom stereocenters. The number of nitrogens with zero attached hydrogens (tertiary/aromatic N) is 4. The number of anilines is 2. The molecule has 4 rings (SSSR count). The Balaban J connectivity index is 1.79. The second-order valence-corrected chi connectivity index (χ2v) is 7.52. The molecule has 2 N–H and O–H groups in total. The minimum Gasteiger partial charge on any atom is -0.479 e. The van der Waals surface area contributed by atoms with Crippen molar-refractivity contribution in [2.75, 3.05) is 23.3 Å². The van der Waals surface area contributed by atoms with Crippen molar-refractivity contribution in [2.45, 2.75) is 12.3 Å². The van der Waals surface area contributed by atoms with E-state index in [1.807, 2.05) is 24.3 Å². The van der Waals surface area contributed by atoms with Gasteiger partial charge in [-0.2, -0.15) is 0 Å². The Bertz CT molecular complexity index is 1090. The summed E-state index contributed by atoms with van der Waals surface area (Å²) in [6.07, 6.45) is 3.62. The molecule has 0 bridgehead atoms. The molecule has 1 unspecified atom stereocenters. The third-order valence-electron chi connectivity index (χ3n) is 4.79. The fourth-order valence-electron chi connectivity index (χ4n) is 3.32. The van der Waals surface area contributed by atoms with Crippen molar-refractivity contribution < 1.29 is 18.7 Å². The number of hydrogen-bond acceptors (Lipinski definition) is 6. The molecule has 0 saturated carbocycles. The van der Waals surface area contributed by atoms with E-state index in [1.54, 1.807) is 6.07 Å². The van der Waals surface area contributed by atoms with Crippen LogP contribution in [-0.2, 0) is 0 Å². The Morgan fingerprint density at radius 1 is 1.13 bits per heavy atom. The second-order valence-electron chi connectivity index (χ2n) is 6.90. The van der Waals surface area contributed by atoms with E-state index in [1.165, 1.54) is 23.5 Å². The molecule has 0 aliphatic carbocycles. The van der Waals surface area contributed by atoms with E-state index in [4.69, 9.17) is 0 Å². The average Bonchev–Trinajstić information content (AvgIpc) is 3.09. The molecule has 1 aliphatic rings. The highest BCUT2D eigenvalue weighted by Gasteiger charge is 2.40. The van der Waals surface area contributed by atoms with Gasteiger partial charge in [0.15, 0.2) is 5.82 Å². The van der Waals surface area contributed by atoms with Crippen LogP contribution in [0.25, 0.3) is 11.1 Å². The van der Waals surface area contributed by atoms with Crippen molar-refractivity contribution in [1.29, 1.82) is 0 Å². The van der Waals surface area contributed by atoms with Gasteiger partial charge in [0.1, 0.15) is 0 Å². The predicted octanol–water partition coefficient (Wildman–Crippen LogP) is 2.84. The van der Waals surface area contributed by atoms with Gasteiger partial charge in [0.25, 0.3) is 11.8 Å². The summed E-state index contributed by atoms with van der Waals surface area (Å²) in [5.74, 6) is -3.09. The number of halogens is 2. The molecule has 1 aromatic carbocycles. The Kier molecular flexibility index (Phi) is 5.30. The summed E-state index contributed by atoms with van der Waals surface area (Å²) in [6.45, 7) is -0.353. The number of rotatable bonds is 4. The average molecular weight is 429 g/mol. The maximum Gasteiger partial charge on any atom is 0.313 e. The molecule has 10 heteroatoms. The van der Waals surface area contributed by atoms with E-state index in [0.29, 0.717) is 11.3 Å². The lowest BCUT2D eigenvalue weighted by atomic mass is 10.0. The smallest absolute Gasteiger partial charge is 0.313 e. The summed E-state index contributed by atoms with van der Waals surface area (Å²) >= 11 is 0. The van der Waals surface area contributed by atoms with E-state index in [9.17, 15) is 18.7 Å². The van der Waals surface area contributed by atoms with Crippen molar-refractivity contribution in [1.82, 2.24) is 15.0 Å². The SMILES string of the molecule is O=C(Nc1c(-c2ccccc2P)ccnc1N1CCC(F)(F)C1)c1cnc(O)nc1. The molecule has 0 radical (unpaired) electrons. The predicted molar refractivity (Wildman–Crippen MR) is 112 cm³/mol. The van der Waals surface area contributed by atoms with E-state index in [2.05, 4.69) is 29.5 Å². The fraction of sp³-hybridized carbons (Fsp3) is 0.200. The van der Waals surface area contributed by atoms with Crippen molar-refractivity contribution in [3.63, 3.8) is 0 Å². The van der Waals surface area contributed by atoms with Crippen LogP contribution in [0.1, 0.15) is 16.8 Å². The monoisotopic (exact) mass is 429 g/mol. The van der Waals surface area contributed by atoms with Gasteiger partial charge in [-0.25, -0.2) is 23.7 Å².